The van der Waals surface area contributed by atoms with E-state index in [1.54, 1.807) is 42.5 Å². The smallest absolute Gasteiger partial charge is 0.271 e. The van der Waals surface area contributed by atoms with Crippen molar-refractivity contribution >= 4 is 33.7 Å². The van der Waals surface area contributed by atoms with Crippen LogP contribution in [0.25, 0.3) is 11.3 Å². The zero-order valence-electron chi connectivity index (χ0n) is 14.6. The molecule has 0 saturated carbocycles. The number of non-ortho nitro benzene ring substituents is 1. The van der Waals surface area contributed by atoms with Gasteiger partial charge < -0.3 is 9.15 Å². The van der Waals surface area contributed by atoms with Crippen molar-refractivity contribution in [3.8, 4) is 17.1 Å². The van der Waals surface area contributed by atoms with Crippen LogP contribution >= 0.6 is 15.9 Å². The highest BCUT2D eigenvalue weighted by molar-refractivity contribution is 9.10. The van der Waals surface area contributed by atoms with Crippen molar-refractivity contribution in [1.82, 2.24) is 5.43 Å². The number of benzene rings is 2. The van der Waals surface area contributed by atoms with E-state index in [-0.39, 0.29) is 11.6 Å². The number of carbonyl (C=O) groups excluding carboxylic acids is 1. The van der Waals surface area contributed by atoms with E-state index in [1.165, 1.54) is 25.5 Å². The number of rotatable bonds is 6. The summed E-state index contributed by atoms with van der Waals surface area (Å²) in [4.78, 5) is 22.4. The summed E-state index contributed by atoms with van der Waals surface area (Å²) in [5, 5.41) is 14.7. The Bertz CT molecular complexity index is 1060. The third-order valence-electron chi connectivity index (χ3n) is 3.75. The van der Waals surface area contributed by atoms with Crippen LogP contribution in [0.5, 0.6) is 5.75 Å². The summed E-state index contributed by atoms with van der Waals surface area (Å²) in [5.74, 6) is 1.09. The molecule has 142 valence electrons. The largest absolute Gasteiger partial charge is 0.497 e. The number of nitro groups is 1. The molecule has 0 bridgehead atoms. The van der Waals surface area contributed by atoms with Gasteiger partial charge in [0.05, 0.1) is 18.2 Å². The fraction of sp³-hybridized carbons (Fsp3) is 0.0526. The van der Waals surface area contributed by atoms with E-state index in [1.807, 2.05) is 0 Å². The topological polar surface area (TPSA) is 107 Å². The standard InChI is InChI=1S/C19H14BrN3O5/c1-27-14-4-2-3-12(9-14)19(24)22-21-11-15-6-8-18(28-15)16-7-5-13(23(25)26)10-17(16)20/h2-11H,1H3,(H,22,24). The predicted molar refractivity (Wildman–Crippen MR) is 107 cm³/mol. The van der Waals surface area contributed by atoms with Gasteiger partial charge in [-0.05, 0) is 52.3 Å². The van der Waals surface area contributed by atoms with Gasteiger partial charge in [-0.2, -0.15) is 5.10 Å². The van der Waals surface area contributed by atoms with E-state index in [0.29, 0.717) is 32.9 Å². The Hall–Kier alpha value is -3.46. The molecule has 0 atom stereocenters. The van der Waals surface area contributed by atoms with Crippen LogP contribution in [0.3, 0.4) is 0 Å². The van der Waals surface area contributed by atoms with Gasteiger partial charge in [-0.15, -0.1) is 0 Å². The second-order valence-electron chi connectivity index (χ2n) is 5.55. The molecule has 0 saturated heterocycles. The third kappa shape index (κ3) is 4.44. The number of methoxy groups -OCH3 is 1. The first-order chi connectivity index (χ1) is 13.5. The van der Waals surface area contributed by atoms with Crippen LogP contribution in [0.2, 0.25) is 0 Å². The molecule has 1 aromatic heterocycles. The van der Waals surface area contributed by atoms with Crippen LogP contribution in [0.1, 0.15) is 16.1 Å². The van der Waals surface area contributed by atoms with Crippen molar-refractivity contribution in [3.63, 3.8) is 0 Å². The summed E-state index contributed by atoms with van der Waals surface area (Å²) in [7, 11) is 1.52. The number of nitro benzene ring substituents is 1. The molecular weight excluding hydrogens is 430 g/mol. The normalized spacial score (nSPS) is 10.8. The van der Waals surface area contributed by atoms with Gasteiger partial charge in [0.2, 0.25) is 0 Å². The highest BCUT2D eigenvalue weighted by Crippen LogP contribution is 2.32. The molecule has 1 amide bonds. The van der Waals surface area contributed by atoms with Gasteiger partial charge in [-0.3, -0.25) is 14.9 Å². The molecule has 2 aromatic carbocycles. The summed E-state index contributed by atoms with van der Waals surface area (Å²) in [5.41, 5.74) is 3.45. The first-order valence-electron chi connectivity index (χ1n) is 7.99. The van der Waals surface area contributed by atoms with Crippen molar-refractivity contribution in [2.75, 3.05) is 7.11 Å². The number of hydrogen-bond donors (Lipinski definition) is 1. The Morgan fingerprint density at radius 3 is 2.79 bits per heavy atom. The number of nitrogens with zero attached hydrogens (tertiary/aromatic N) is 2. The van der Waals surface area contributed by atoms with Gasteiger partial charge in [0.25, 0.3) is 11.6 Å². The van der Waals surface area contributed by atoms with Crippen molar-refractivity contribution in [1.29, 1.82) is 0 Å². The zero-order valence-corrected chi connectivity index (χ0v) is 16.2. The van der Waals surface area contributed by atoms with E-state index in [9.17, 15) is 14.9 Å². The lowest BCUT2D eigenvalue weighted by atomic mass is 10.1. The van der Waals surface area contributed by atoms with Crippen LogP contribution in [-0.2, 0) is 0 Å². The summed E-state index contributed by atoms with van der Waals surface area (Å²) >= 11 is 3.31. The van der Waals surface area contributed by atoms with E-state index in [2.05, 4.69) is 26.5 Å². The number of halogens is 1. The molecule has 28 heavy (non-hydrogen) atoms. The number of amides is 1. The van der Waals surface area contributed by atoms with Gasteiger partial charge in [0.1, 0.15) is 17.3 Å². The molecule has 0 spiro atoms. The SMILES string of the molecule is COc1cccc(C(=O)NN=Cc2ccc(-c3ccc([N+](=O)[O-])cc3Br)o2)c1. The molecule has 0 aliphatic rings. The lowest BCUT2D eigenvalue weighted by Crippen LogP contribution is -2.17. The maximum absolute atomic E-state index is 12.1. The minimum absolute atomic E-state index is 0.0239. The molecule has 9 heteroatoms. The molecule has 0 fully saturated rings. The quantitative estimate of drug-likeness (QED) is 0.345. The molecule has 1 heterocycles. The van der Waals surface area contributed by atoms with Gasteiger partial charge in [-0.1, -0.05) is 6.07 Å². The Balaban J connectivity index is 1.69. The average molecular weight is 444 g/mol. The maximum atomic E-state index is 12.1. The monoisotopic (exact) mass is 443 g/mol. The molecule has 3 rings (SSSR count). The Morgan fingerprint density at radius 2 is 2.07 bits per heavy atom. The minimum atomic E-state index is -0.472. The van der Waals surface area contributed by atoms with Crippen molar-refractivity contribution in [2.24, 2.45) is 5.10 Å². The van der Waals surface area contributed by atoms with E-state index < -0.39 is 4.92 Å². The number of carbonyl (C=O) groups is 1. The van der Waals surface area contributed by atoms with Crippen LogP contribution < -0.4 is 10.2 Å². The molecule has 0 aliphatic heterocycles. The lowest BCUT2D eigenvalue weighted by Gasteiger charge is -2.02. The Kier molecular flexibility index (Phi) is 5.85. The number of nitrogens with one attached hydrogen (secondary N) is 1. The second-order valence-corrected chi connectivity index (χ2v) is 6.41. The molecule has 0 aliphatic carbocycles. The average Bonchev–Trinajstić information content (AvgIpc) is 3.16. The van der Waals surface area contributed by atoms with Crippen LogP contribution in [-0.4, -0.2) is 24.2 Å². The number of furan rings is 1. The van der Waals surface area contributed by atoms with Crippen LogP contribution in [0.4, 0.5) is 5.69 Å². The highest BCUT2D eigenvalue weighted by Gasteiger charge is 2.13. The minimum Gasteiger partial charge on any atom is -0.497 e. The molecule has 1 N–H and O–H groups in total. The van der Waals surface area contributed by atoms with Crippen LogP contribution in [0, 0.1) is 10.1 Å². The predicted octanol–water partition coefficient (Wildman–Crippen LogP) is 4.39. The van der Waals surface area contributed by atoms with Crippen molar-refractivity contribution in [3.05, 3.63) is 80.5 Å². The summed E-state index contributed by atoms with van der Waals surface area (Å²) in [6, 6.07) is 14.4. The van der Waals surface area contributed by atoms with Crippen LogP contribution in [0.15, 0.2) is 68.6 Å². The number of hydrogen-bond acceptors (Lipinski definition) is 6. The molecular formula is C19H14BrN3O5. The molecule has 8 nitrogen and oxygen atoms in total. The fourth-order valence-corrected chi connectivity index (χ4v) is 2.93. The molecule has 0 radical (unpaired) electrons. The molecule has 3 aromatic rings. The third-order valence-corrected chi connectivity index (χ3v) is 4.40. The van der Waals surface area contributed by atoms with Gasteiger partial charge in [-0.25, -0.2) is 5.43 Å². The van der Waals surface area contributed by atoms with Gasteiger partial charge in [0, 0.05) is 27.7 Å². The summed E-state index contributed by atoms with van der Waals surface area (Å²) in [6.45, 7) is 0. The van der Waals surface area contributed by atoms with E-state index in [0.717, 1.165) is 0 Å². The number of hydrazone groups is 1. The first-order valence-corrected chi connectivity index (χ1v) is 8.79. The van der Waals surface area contributed by atoms with Gasteiger partial charge >= 0.3 is 0 Å². The Labute approximate surface area is 168 Å². The molecule has 0 unspecified atom stereocenters. The highest BCUT2D eigenvalue weighted by atomic mass is 79.9. The number of ether oxygens (including phenoxy) is 1. The zero-order chi connectivity index (χ0) is 20.1. The van der Waals surface area contributed by atoms with Crippen molar-refractivity contribution in [2.45, 2.75) is 0 Å². The fourth-order valence-electron chi connectivity index (χ4n) is 2.37. The van der Waals surface area contributed by atoms with Gasteiger partial charge in [0.15, 0.2) is 0 Å². The summed E-state index contributed by atoms with van der Waals surface area (Å²) in [6.07, 6.45) is 1.36. The maximum Gasteiger partial charge on any atom is 0.271 e. The van der Waals surface area contributed by atoms with Crippen molar-refractivity contribution < 1.29 is 18.9 Å². The Morgan fingerprint density at radius 1 is 1.25 bits per heavy atom. The lowest BCUT2D eigenvalue weighted by molar-refractivity contribution is -0.384. The second kappa shape index (κ2) is 8.49. The summed E-state index contributed by atoms with van der Waals surface area (Å²) < 4.78 is 11.3. The van der Waals surface area contributed by atoms with E-state index in [4.69, 9.17) is 9.15 Å². The first kappa shape index (κ1) is 19.3. The van der Waals surface area contributed by atoms with E-state index >= 15 is 0 Å².